The van der Waals surface area contributed by atoms with Crippen molar-refractivity contribution in [1.29, 1.82) is 0 Å². The second kappa shape index (κ2) is 5.75. The first-order valence-corrected chi connectivity index (χ1v) is 5.09. The van der Waals surface area contributed by atoms with E-state index >= 15 is 0 Å². The predicted molar refractivity (Wildman–Crippen MR) is 59.9 cm³/mol. The maximum atomic E-state index is 4.25. The summed E-state index contributed by atoms with van der Waals surface area (Å²) in [5.74, 6) is 0.915. The number of nitrogens with one attached hydrogen (secondary N) is 1. The van der Waals surface area contributed by atoms with Gasteiger partial charge in [-0.15, -0.1) is 6.58 Å². The molecule has 0 saturated carbocycles. The third kappa shape index (κ3) is 4.08. The number of anilines is 1. The molecule has 0 saturated heterocycles. The van der Waals surface area contributed by atoms with Crippen molar-refractivity contribution in [3.05, 3.63) is 35.5 Å². The van der Waals surface area contributed by atoms with Gasteiger partial charge in [-0.3, -0.25) is 0 Å². The van der Waals surface area contributed by atoms with Crippen LogP contribution in [0.25, 0.3) is 0 Å². The van der Waals surface area contributed by atoms with Gasteiger partial charge in [0.15, 0.2) is 0 Å². The average Bonchev–Trinajstić information content (AvgIpc) is 2.13. The Morgan fingerprint density at radius 1 is 1.54 bits per heavy atom. The van der Waals surface area contributed by atoms with Gasteiger partial charge in [0.1, 0.15) is 10.4 Å². The lowest BCUT2D eigenvalue weighted by Crippen LogP contribution is -2.02. The fraction of sp³-hybridized carbons (Fsp3) is 0.300. The molecule has 1 rings (SSSR count). The molecule has 13 heavy (non-hydrogen) atoms. The predicted octanol–water partition coefficient (Wildman–Crippen LogP) is 3.22. The molecule has 0 atom stereocenters. The highest BCUT2D eigenvalue weighted by molar-refractivity contribution is 9.10. The Kier molecular flexibility index (Phi) is 4.54. The number of aromatic nitrogens is 1. The molecule has 1 heterocycles. The van der Waals surface area contributed by atoms with Crippen LogP contribution >= 0.6 is 15.9 Å². The summed E-state index contributed by atoms with van der Waals surface area (Å²) < 4.78 is 0.862. The third-order valence-electron chi connectivity index (χ3n) is 1.61. The van der Waals surface area contributed by atoms with Crippen molar-refractivity contribution < 1.29 is 0 Å². The normalized spacial score (nSPS) is 9.62. The van der Waals surface area contributed by atoms with Gasteiger partial charge in [0, 0.05) is 6.54 Å². The van der Waals surface area contributed by atoms with Crippen molar-refractivity contribution in [2.75, 3.05) is 11.9 Å². The quantitative estimate of drug-likeness (QED) is 0.486. The number of rotatable bonds is 5. The van der Waals surface area contributed by atoms with E-state index < -0.39 is 0 Å². The maximum Gasteiger partial charge on any atom is 0.127 e. The average molecular weight is 241 g/mol. The van der Waals surface area contributed by atoms with Crippen LogP contribution in [0, 0.1) is 0 Å². The minimum Gasteiger partial charge on any atom is -0.370 e. The van der Waals surface area contributed by atoms with Crippen molar-refractivity contribution in [2.45, 2.75) is 12.8 Å². The van der Waals surface area contributed by atoms with E-state index in [0.29, 0.717) is 0 Å². The lowest BCUT2D eigenvalue weighted by Gasteiger charge is -2.03. The first kappa shape index (κ1) is 10.3. The van der Waals surface area contributed by atoms with Gasteiger partial charge >= 0.3 is 0 Å². The molecular formula is C10H13BrN2. The SMILES string of the molecule is C=CCCCNc1cccc(Br)n1. The number of unbranched alkanes of at least 4 members (excludes halogenated alkanes) is 1. The van der Waals surface area contributed by atoms with E-state index in [9.17, 15) is 0 Å². The van der Waals surface area contributed by atoms with Gasteiger partial charge in [0.05, 0.1) is 0 Å². The van der Waals surface area contributed by atoms with Crippen LogP contribution in [0.5, 0.6) is 0 Å². The minimum atomic E-state index is 0.862. The molecule has 0 amide bonds. The molecule has 0 radical (unpaired) electrons. The standard InChI is InChI=1S/C10H13BrN2/c1-2-3-4-8-12-10-7-5-6-9(11)13-10/h2,5-7H,1,3-4,8H2,(H,12,13). The zero-order valence-corrected chi connectivity index (χ0v) is 9.05. The second-order valence-electron chi connectivity index (χ2n) is 2.70. The van der Waals surface area contributed by atoms with Gasteiger partial charge in [0.2, 0.25) is 0 Å². The van der Waals surface area contributed by atoms with Gasteiger partial charge in [-0.25, -0.2) is 4.98 Å². The van der Waals surface area contributed by atoms with Crippen LogP contribution in [-0.2, 0) is 0 Å². The van der Waals surface area contributed by atoms with E-state index in [2.05, 4.69) is 32.8 Å². The number of hydrogen-bond donors (Lipinski definition) is 1. The van der Waals surface area contributed by atoms with E-state index in [1.54, 1.807) is 0 Å². The first-order chi connectivity index (χ1) is 6.33. The summed E-state index contributed by atoms with van der Waals surface area (Å²) in [4.78, 5) is 4.25. The molecule has 0 spiro atoms. The number of hydrogen-bond acceptors (Lipinski definition) is 2. The molecular weight excluding hydrogens is 228 g/mol. The van der Waals surface area contributed by atoms with Gasteiger partial charge in [0.25, 0.3) is 0 Å². The summed E-state index contributed by atoms with van der Waals surface area (Å²) >= 11 is 3.32. The number of halogens is 1. The highest BCUT2D eigenvalue weighted by atomic mass is 79.9. The second-order valence-corrected chi connectivity index (χ2v) is 3.52. The van der Waals surface area contributed by atoms with E-state index in [4.69, 9.17) is 0 Å². The highest BCUT2D eigenvalue weighted by Crippen LogP contribution is 2.09. The lowest BCUT2D eigenvalue weighted by molar-refractivity contribution is 0.885. The van der Waals surface area contributed by atoms with Crippen molar-refractivity contribution in [1.82, 2.24) is 4.98 Å². The van der Waals surface area contributed by atoms with Crippen LogP contribution in [0.15, 0.2) is 35.5 Å². The topological polar surface area (TPSA) is 24.9 Å². The molecule has 0 aromatic carbocycles. The van der Waals surface area contributed by atoms with Crippen LogP contribution in [-0.4, -0.2) is 11.5 Å². The summed E-state index contributed by atoms with van der Waals surface area (Å²) in [6, 6.07) is 5.83. The largest absolute Gasteiger partial charge is 0.370 e. The minimum absolute atomic E-state index is 0.862. The smallest absolute Gasteiger partial charge is 0.127 e. The molecule has 1 N–H and O–H groups in total. The van der Waals surface area contributed by atoms with Crippen LogP contribution in [0.3, 0.4) is 0 Å². The van der Waals surface area contributed by atoms with E-state index in [0.717, 1.165) is 29.8 Å². The van der Waals surface area contributed by atoms with E-state index in [1.807, 2.05) is 24.3 Å². The fourth-order valence-corrected chi connectivity index (χ4v) is 1.31. The summed E-state index contributed by atoms with van der Waals surface area (Å²) in [6.07, 6.45) is 4.06. The molecule has 0 aliphatic rings. The molecule has 0 bridgehead atoms. The highest BCUT2D eigenvalue weighted by Gasteiger charge is 1.92. The molecule has 0 fully saturated rings. The van der Waals surface area contributed by atoms with Gasteiger partial charge in [-0.1, -0.05) is 12.1 Å². The molecule has 2 nitrogen and oxygen atoms in total. The Bertz CT molecular complexity index is 273. The molecule has 0 aliphatic carbocycles. The zero-order valence-electron chi connectivity index (χ0n) is 7.46. The lowest BCUT2D eigenvalue weighted by atomic mass is 10.3. The Balaban J connectivity index is 2.32. The molecule has 0 unspecified atom stereocenters. The third-order valence-corrected chi connectivity index (χ3v) is 2.05. The molecule has 1 aromatic rings. The Labute approximate surface area is 87.2 Å². The molecule has 3 heteroatoms. The summed E-state index contributed by atoms with van der Waals surface area (Å²) in [5.41, 5.74) is 0. The maximum absolute atomic E-state index is 4.25. The van der Waals surface area contributed by atoms with Crippen LogP contribution in [0.4, 0.5) is 5.82 Å². The van der Waals surface area contributed by atoms with E-state index in [1.165, 1.54) is 0 Å². The number of nitrogens with zero attached hydrogens (tertiary/aromatic N) is 1. The summed E-state index contributed by atoms with van der Waals surface area (Å²) in [7, 11) is 0. The number of pyridine rings is 1. The van der Waals surface area contributed by atoms with Gasteiger partial charge in [-0.2, -0.15) is 0 Å². The Morgan fingerprint density at radius 2 is 2.38 bits per heavy atom. The molecule has 0 aliphatic heterocycles. The molecule has 70 valence electrons. The summed E-state index contributed by atoms with van der Waals surface area (Å²) in [6.45, 7) is 4.61. The van der Waals surface area contributed by atoms with Gasteiger partial charge < -0.3 is 5.32 Å². The van der Waals surface area contributed by atoms with Crippen molar-refractivity contribution in [3.63, 3.8) is 0 Å². The van der Waals surface area contributed by atoms with Gasteiger partial charge in [-0.05, 0) is 40.9 Å². The fourth-order valence-electron chi connectivity index (χ4n) is 0.970. The van der Waals surface area contributed by atoms with Crippen molar-refractivity contribution in [2.24, 2.45) is 0 Å². The molecule has 1 aromatic heterocycles. The number of allylic oxidation sites excluding steroid dienone is 1. The van der Waals surface area contributed by atoms with Crippen LogP contribution < -0.4 is 5.32 Å². The monoisotopic (exact) mass is 240 g/mol. The van der Waals surface area contributed by atoms with Crippen LogP contribution in [0.2, 0.25) is 0 Å². The van der Waals surface area contributed by atoms with Crippen molar-refractivity contribution in [3.8, 4) is 0 Å². The summed E-state index contributed by atoms with van der Waals surface area (Å²) in [5, 5.41) is 3.23. The van der Waals surface area contributed by atoms with Crippen molar-refractivity contribution >= 4 is 21.7 Å². The zero-order chi connectivity index (χ0) is 9.52. The van der Waals surface area contributed by atoms with E-state index in [-0.39, 0.29) is 0 Å². The van der Waals surface area contributed by atoms with Crippen LogP contribution in [0.1, 0.15) is 12.8 Å². The first-order valence-electron chi connectivity index (χ1n) is 4.30. The Morgan fingerprint density at radius 3 is 3.08 bits per heavy atom. The Hall–Kier alpha value is -0.830.